The topological polar surface area (TPSA) is 70.3 Å². The van der Waals surface area contributed by atoms with Gasteiger partial charge in [-0.05, 0) is 29.5 Å². The fourth-order valence-corrected chi connectivity index (χ4v) is 1.87. The molecule has 0 spiro atoms. The van der Waals surface area contributed by atoms with Gasteiger partial charge in [0.2, 0.25) is 0 Å². The highest BCUT2D eigenvalue weighted by Gasteiger charge is 2.16. The molecule has 0 aliphatic rings. The Balaban J connectivity index is 3.33. The highest BCUT2D eigenvalue weighted by Crippen LogP contribution is 2.30. The predicted octanol–water partition coefficient (Wildman–Crippen LogP) is 2.97. The van der Waals surface area contributed by atoms with E-state index in [1.54, 1.807) is 6.07 Å². The van der Waals surface area contributed by atoms with Crippen LogP contribution in [0, 0.1) is 11.3 Å². The molecule has 18 heavy (non-hydrogen) atoms. The molecule has 0 saturated carbocycles. The van der Waals surface area contributed by atoms with Gasteiger partial charge in [0.05, 0.1) is 18.7 Å². The summed E-state index contributed by atoms with van der Waals surface area (Å²) in [5.74, 6) is -0.164. The van der Waals surface area contributed by atoms with Crippen LogP contribution < -0.4 is 4.74 Å². The second-order valence-electron chi connectivity index (χ2n) is 4.37. The number of methoxy groups -OCH3 is 1. The van der Waals surface area contributed by atoms with Crippen LogP contribution in [0.4, 0.5) is 0 Å². The van der Waals surface area contributed by atoms with Crippen LogP contribution in [0.5, 0.6) is 5.75 Å². The minimum atomic E-state index is -0.989. The molecule has 0 amide bonds. The molecule has 1 N–H and O–H groups in total. The Kier molecular flexibility index (Phi) is 4.73. The number of carboxylic acid groups (broad SMARTS) is 1. The molecule has 0 aliphatic heterocycles. The summed E-state index contributed by atoms with van der Waals surface area (Å²) in [5.41, 5.74) is 1.87. The number of nitriles is 1. The lowest BCUT2D eigenvalue weighted by molar-refractivity contribution is 0.0695. The van der Waals surface area contributed by atoms with Gasteiger partial charge in [-0.1, -0.05) is 19.9 Å². The molecule has 4 nitrogen and oxygen atoms in total. The van der Waals surface area contributed by atoms with Crippen molar-refractivity contribution < 1.29 is 14.6 Å². The van der Waals surface area contributed by atoms with Crippen molar-refractivity contribution in [1.29, 1.82) is 5.26 Å². The molecule has 0 atom stereocenters. The number of rotatable bonds is 5. The van der Waals surface area contributed by atoms with Crippen molar-refractivity contribution in [3.05, 3.63) is 28.8 Å². The molecule has 0 bridgehead atoms. The van der Waals surface area contributed by atoms with Gasteiger partial charge in [-0.3, -0.25) is 0 Å². The van der Waals surface area contributed by atoms with Gasteiger partial charge in [-0.15, -0.1) is 0 Å². The van der Waals surface area contributed by atoms with E-state index in [4.69, 9.17) is 10.00 Å². The maximum absolute atomic E-state index is 11.2. The van der Waals surface area contributed by atoms with Crippen molar-refractivity contribution in [3.63, 3.8) is 0 Å². The zero-order valence-electron chi connectivity index (χ0n) is 10.9. The second-order valence-corrected chi connectivity index (χ2v) is 4.37. The molecule has 0 aromatic heterocycles. The largest absolute Gasteiger partial charge is 0.496 e. The van der Waals surface area contributed by atoms with Crippen molar-refractivity contribution in [2.45, 2.75) is 32.6 Å². The molecule has 4 heteroatoms. The Labute approximate surface area is 107 Å². The summed E-state index contributed by atoms with van der Waals surface area (Å²) in [6.07, 6.45) is 0.756. The van der Waals surface area contributed by atoms with Gasteiger partial charge in [0, 0.05) is 6.42 Å². The fourth-order valence-electron chi connectivity index (χ4n) is 1.87. The zero-order valence-corrected chi connectivity index (χ0v) is 10.9. The van der Waals surface area contributed by atoms with E-state index in [9.17, 15) is 9.90 Å². The molecular formula is C14H17NO3. The van der Waals surface area contributed by atoms with E-state index in [-0.39, 0.29) is 11.5 Å². The van der Waals surface area contributed by atoms with Crippen LogP contribution in [0.2, 0.25) is 0 Å². The third kappa shape index (κ3) is 3.01. The lowest BCUT2D eigenvalue weighted by Gasteiger charge is -2.15. The van der Waals surface area contributed by atoms with Gasteiger partial charge in [0.1, 0.15) is 5.75 Å². The second kappa shape index (κ2) is 6.06. The smallest absolute Gasteiger partial charge is 0.336 e. The fraction of sp³-hybridized carbons (Fsp3) is 0.429. The van der Waals surface area contributed by atoms with E-state index in [1.807, 2.05) is 26.0 Å². The SMILES string of the molecule is COc1cc(C(=O)O)c(CCC#N)cc1C(C)C. The average Bonchev–Trinajstić information content (AvgIpc) is 2.34. The lowest BCUT2D eigenvalue weighted by atomic mass is 9.94. The van der Waals surface area contributed by atoms with E-state index < -0.39 is 5.97 Å². The number of hydrogen-bond donors (Lipinski definition) is 1. The summed E-state index contributed by atoms with van der Waals surface area (Å²) < 4.78 is 5.23. The first-order valence-corrected chi connectivity index (χ1v) is 5.82. The molecule has 96 valence electrons. The first-order valence-electron chi connectivity index (χ1n) is 5.82. The molecule has 1 aromatic carbocycles. The standard InChI is InChI=1S/C14H17NO3/c1-9(2)11-7-10(5-4-6-15)12(14(16)17)8-13(11)18-3/h7-9H,4-5H2,1-3H3,(H,16,17). The third-order valence-electron chi connectivity index (χ3n) is 2.81. The zero-order chi connectivity index (χ0) is 13.7. The summed E-state index contributed by atoms with van der Waals surface area (Å²) in [6.45, 7) is 4.04. The molecule has 1 aromatic rings. The predicted molar refractivity (Wildman–Crippen MR) is 68.0 cm³/mol. The monoisotopic (exact) mass is 247 g/mol. The van der Waals surface area contributed by atoms with Gasteiger partial charge in [-0.25, -0.2) is 4.79 Å². The Hall–Kier alpha value is -2.02. The Bertz CT molecular complexity index is 487. The number of hydrogen-bond acceptors (Lipinski definition) is 3. The molecule has 0 fully saturated rings. The minimum absolute atomic E-state index is 0.214. The first-order chi connectivity index (χ1) is 8.51. The summed E-state index contributed by atoms with van der Waals surface area (Å²) in [6, 6.07) is 5.42. The Morgan fingerprint density at radius 3 is 2.61 bits per heavy atom. The first kappa shape index (κ1) is 14.0. The Morgan fingerprint density at radius 2 is 2.17 bits per heavy atom. The van der Waals surface area contributed by atoms with E-state index in [0.29, 0.717) is 24.2 Å². The van der Waals surface area contributed by atoms with Gasteiger partial charge >= 0.3 is 5.97 Å². The summed E-state index contributed by atoms with van der Waals surface area (Å²) >= 11 is 0. The molecule has 1 rings (SSSR count). The molecule has 0 aliphatic carbocycles. The van der Waals surface area contributed by atoms with Crippen LogP contribution in [0.15, 0.2) is 12.1 Å². The number of ether oxygens (including phenoxy) is 1. The maximum atomic E-state index is 11.2. The lowest BCUT2D eigenvalue weighted by Crippen LogP contribution is -2.06. The molecule has 0 saturated heterocycles. The van der Waals surface area contributed by atoms with Crippen molar-refractivity contribution in [2.75, 3.05) is 7.11 Å². The summed E-state index contributed by atoms with van der Waals surface area (Å²) in [4.78, 5) is 11.2. The van der Waals surface area contributed by atoms with Crippen molar-refractivity contribution in [3.8, 4) is 11.8 Å². The third-order valence-corrected chi connectivity index (χ3v) is 2.81. The van der Waals surface area contributed by atoms with E-state index in [1.165, 1.54) is 7.11 Å². The van der Waals surface area contributed by atoms with Gasteiger partial charge < -0.3 is 9.84 Å². The molecule has 0 radical (unpaired) electrons. The highest BCUT2D eigenvalue weighted by atomic mass is 16.5. The van der Waals surface area contributed by atoms with Crippen molar-refractivity contribution in [2.24, 2.45) is 0 Å². The Morgan fingerprint density at radius 1 is 1.50 bits per heavy atom. The maximum Gasteiger partial charge on any atom is 0.336 e. The summed E-state index contributed by atoms with van der Waals surface area (Å²) in [7, 11) is 1.53. The quantitative estimate of drug-likeness (QED) is 0.868. The van der Waals surface area contributed by atoms with Gasteiger partial charge in [0.25, 0.3) is 0 Å². The van der Waals surface area contributed by atoms with E-state index in [2.05, 4.69) is 0 Å². The molecule has 0 heterocycles. The number of benzene rings is 1. The molecular weight excluding hydrogens is 230 g/mol. The molecule has 0 unspecified atom stereocenters. The van der Waals surface area contributed by atoms with Crippen LogP contribution in [0.3, 0.4) is 0 Å². The van der Waals surface area contributed by atoms with Crippen LogP contribution >= 0.6 is 0 Å². The average molecular weight is 247 g/mol. The van der Waals surface area contributed by atoms with Crippen LogP contribution in [0.1, 0.15) is 47.7 Å². The number of aryl methyl sites for hydroxylation is 1. The van der Waals surface area contributed by atoms with Crippen LogP contribution in [-0.2, 0) is 6.42 Å². The van der Waals surface area contributed by atoms with Crippen LogP contribution in [0.25, 0.3) is 0 Å². The summed E-state index contributed by atoms with van der Waals surface area (Å²) in [5, 5.41) is 17.8. The van der Waals surface area contributed by atoms with E-state index in [0.717, 1.165) is 5.56 Å². The number of nitrogens with zero attached hydrogens (tertiary/aromatic N) is 1. The van der Waals surface area contributed by atoms with Gasteiger partial charge in [-0.2, -0.15) is 5.26 Å². The van der Waals surface area contributed by atoms with E-state index >= 15 is 0 Å². The number of carbonyl (C=O) groups is 1. The van der Waals surface area contributed by atoms with Gasteiger partial charge in [0.15, 0.2) is 0 Å². The number of aromatic carboxylic acids is 1. The minimum Gasteiger partial charge on any atom is -0.496 e. The number of carboxylic acids is 1. The van der Waals surface area contributed by atoms with Crippen LogP contribution in [-0.4, -0.2) is 18.2 Å². The highest BCUT2D eigenvalue weighted by molar-refractivity contribution is 5.90. The van der Waals surface area contributed by atoms with Crippen molar-refractivity contribution in [1.82, 2.24) is 0 Å². The normalized spacial score (nSPS) is 10.2. The van der Waals surface area contributed by atoms with Crippen molar-refractivity contribution >= 4 is 5.97 Å².